The van der Waals surface area contributed by atoms with Crippen molar-refractivity contribution in [1.82, 2.24) is 5.32 Å². The molecule has 1 aromatic heterocycles. The van der Waals surface area contributed by atoms with Crippen LogP contribution in [0.1, 0.15) is 63.7 Å². The molecule has 2 aromatic rings. The highest BCUT2D eigenvalue weighted by atomic mass is 16.3. The Balaban J connectivity index is 1.70. The van der Waals surface area contributed by atoms with Gasteiger partial charge in [-0.3, -0.25) is 0 Å². The van der Waals surface area contributed by atoms with Crippen LogP contribution in [0.25, 0.3) is 11.0 Å². The lowest BCUT2D eigenvalue weighted by Crippen LogP contribution is -2.22. The van der Waals surface area contributed by atoms with Gasteiger partial charge in [-0.25, -0.2) is 0 Å². The van der Waals surface area contributed by atoms with Crippen LogP contribution in [0.3, 0.4) is 0 Å². The maximum Gasteiger partial charge on any atom is 0.134 e. The third-order valence-electron chi connectivity index (χ3n) is 4.77. The molecule has 2 heteroatoms. The minimum Gasteiger partial charge on any atom is -0.459 e. The second-order valence-electron chi connectivity index (χ2n) is 6.42. The molecule has 1 fully saturated rings. The number of benzene rings is 1. The molecule has 1 atom stereocenters. The molecule has 2 nitrogen and oxygen atoms in total. The summed E-state index contributed by atoms with van der Waals surface area (Å²) in [5, 5.41) is 4.90. The van der Waals surface area contributed by atoms with Crippen LogP contribution in [0, 0.1) is 5.92 Å². The van der Waals surface area contributed by atoms with Crippen LogP contribution in [-0.4, -0.2) is 6.54 Å². The lowest BCUT2D eigenvalue weighted by Gasteiger charge is -2.18. The van der Waals surface area contributed by atoms with E-state index < -0.39 is 0 Å². The highest BCUT2D eigenvalue weighted by Gasteiger charge is 2.20. The number of furan rings is 1. The van der Waals surface area contributed by atoms with E-state index >= 15 is 0 Å². The van der Waals surface area contributed by atoms with Crippen LogP contribution < -0.4 is 5.32 Å². The zero-order chi connectivity index (χ0) is 14.5. The minimum absolute atomic E-state index is 0.373. The number of hydrogen-bond acceptors (Lipinski definition) is 2. The van der Waals surface area contributed by atoms with Crippen molar-refractivity contribution in [2.45, 2.75) is 57.9 Å². The van der Waals surface area contributed by atoms with Crippen molar-refractivity contribution in [3.8, 4) is 0 Å². The van der Waals surface area contributed by atoms with Crippen molar-refractivity contribution in [3.63, 3.8) is 0 Å². The number of rotatable bonds is 7. The van der Waals surface area contributed by atoms with Gasteiger partial charge in [0, 0.05) is 5.39 Å². The summed E-state index contributed by atoms with van der Waals surface area (Å²) in [6.45, 7) is 3.28. The van der Waals surface area contributed by atoms with Gasteiger partial charge in [-0.05, 0) is 43.9 Å². The molecule has 1 aromatic carbocycles. The van der Waals surface area contributed by atoms with E-state index in [1.807, 2.05) is 6.07 Å². The predicted molar refractivity (Wildman–Crippen MR) is 88.4 cm³/mol. The normalized spacial score (nSPS) is 17.6. The van der Waals surface area contributed by atoms with Crippen molar-refractivity contribution in [3.05, 3.63) is 36.1 Å². The van der Waals surface area contributed by atoms with Crippen molar-refractivity contribution in [2.24, 2.45) is 5.92 Å². The number of fused-ring (bicyclic) bond motifs is 1. The lowest BCUT2D eigenvalue weighted by atomic mass is 9.97. The SMILES string of the molecule is CCCNC(CCC1CCCC1)c1cc2ccccc2o1. The Hall–Kier alpha value is -1.28. The summed E-state index contributed by atoms with van der Waals surface area (Å²) in [6, 6.07) is 10.9. The molecule has 1 unspecified atom stereocenters. The van der Waals surface area contributed by atoms with Crippen LogP contribution in [0.2, 0.25) is 0 Å². The molecule has 0 radical (unpaired) electrons. The second kappa shape index (κ2) is 7.13. The smallest absolute Gasteiger partial charge is 0.134 e. The van der Waals surface area contributed by atoms with E-state index in [1.54, 1.807) is 0 Å². The Bertz CT molecular complexity index is 520. The Kier molecular flexibility index (Phi) is 4.97. The van der Waals surface area contributed by atoms with E-state index in [4.69, 9.17) is 4.42 Å². The molecular weight excluding hydrogens is 258 g/mol. The molecular formula is C19H27NO. The second-order valence-corrected chi connectivity index (χ2v) is 6.42. The standard InChI is InChI=1S/C19H27NO/c1-2-13-20-17(12-11-15-7-3-4-8-15)19-14-16-9-5-6-10-18(16)21-19/h5-6,9-10,14-15,17,20H,2-4,7-8,11-13H2,1H3. The average Bonchev–Trinajstić information content (AvgIpc) is 3.16. The van der Waals surface area contributed by atoms with E-state index in [2.05, 4.69) is 36.5 Å². The van der Waals surface area contributed by atoms with E-state index in [0.717, 1.165) is 23.8 Å². The fourth-order valence-corrected chi connectivity index (χ4v) is 3.54. The van der Waals surface area contributed by atoms with Gasteiger partial charge in [-0.1, -0.05) is 50.8 Å². The average molecular weight is 285 g/mol. The van der Waals surface area contributed by atoms with Crippen LogP contribution in [0.15, 0.2) is 34.7 Å². The summed E-state index contributed by atoms with van der Waals surface area (Å²) in [4.78, 5) is 0. The van der Waals surface area contributed by atoms with Gasteiger partial charge in [-0.15, -0.1) is 0 Å². The van der Waals surface area contributed by atoms with Gasteiger partial charge in [0.25, 0.3) is 0 Å². The number of hydrogen-bond donors (Lipinski definition) is 1. The molecule has 114 valence electrons. The molecule has 1 N–H and O–H groups in total. The van der Waals surface area contributed by atoms with E-state index in [-0.39, 0.29) is 0 Å². The molecule has 0 amide bonds. The molecule has 1 heterocycles. The summed E-state index contributed by atoms with van der Waals surface area (Å²) in [5.41, 5.74) is 1.01. The van der Waals surface area contributed by atoms with Gasteiger partial charge in [0.1, 0.15) is 11.3 Å². The van der Waals surface area contributed by atoms with Crippen LogP contribution >= 0.6 is 0 Å². The van der Waals surface area contributed by atoms with Crippen molar-refractivity contribution < 1.29 is 4.42 Å². The molecule has 0 saturated heterocycles. The van der Waals surface area contributed by atoms with E-state index in [9.17, 15) is 0 Å². The Morgan fingerprint density at radius 2 is 2.05 bits per heavy atom. The Labute approximate surface area is 127 Å². The topological polar surface area (TPSA) is 25.2 Å². The van der Waals surface area contributed by atoms with Gasteiger partial charge in [-0.2, -0.15) is 0 Å². The number of para-hydroxylation sites is 1. The van der Waals surface area contributed by atoms with E-state index in [0.29, 0.717) is 6.04 Å². The molecule has 3 rings (SSSR count). The first-order valence-electron chi connectivity index (χ1n) is 8.58. The van der Waals surface area contributed by atoms with Gasteiger partial charge < -0.3 is 9.73 Å². The molecule has 0 bridgehead atoms. The fourth-order valence-electron chi connectivity index (χ4n) is 3.54. The summed E-state index contributed by atoms with van der Waals surface area (Å²) >= 11 is 0. The van der Waals surface area contributed by atoms with Crippen molar-refractivity contribution in [1.29, 1.82) is 0 Å². The molecule has 1 saturated carbocycles. The first-order valence-corrected chi connectivity index (χ1v) is 8.58. The van der Waals surface area contributed by atoms with Crippen molar-refractivity contribution >= 4 is 11.0 Å². The molecule has 0 spiro atoms. The summed E-state index contributed by atoms with van der Waals surface area (Å²) < 4.78 is 6.08. The summed E-state index contributed by atoms with van der Waals surface area (Å²) in [6.07, 6.45) is 9.43. The largest absolute Gasteiger partial charge is 0.459 e. The first kappa shape index (κ1) is 14.6. The Morgan fingerprint density at radius 1 is 1.24 bits per heavy atom. The third kappa shape index (κ3) is 3.68. The molecule has 1 aliphatic rings. The summed E-state index contributed by atoms with van der Waals surface area (Å²) in [7, 11) is 0. The maximum atomic E-state index is 6.08. The monoisotopic (exact) mass is 285 g/mol. The first-order chi connectivity index (χ1) is 10.4. The summed E-state index contributed by atoms with van der Waals surface area (Å²) in [5.74, 6) is 2.06. The predicted octanol–water partition coefficient (Wildman–Crippen LogP) is 5.44. The van der Waals surface area contributed by atoms with E-state index in [1.165, 1.54) is 50.3 Å². The quantitative estimate of drug-likeness (QED) is 0.732. The zero-order valence-corrected chi connectivity index (χ0v) is 13.1. The minimum atomic E-state index is 0.373. The van der Waals surface area contributed by atoms with Crippen molar-refractivity contribution in [2.75, 3.05) is 6.54 Å². The number of nitrogens with one attached hydrogen (secondary N) is 1. The van der Waals surface area contributed by atoms with Gasteiger partial charge in [0.05, 0.1) is 6.04 Å². The van der Waals surface area contributed by atoms with Gasteiger partial charge in [0.2, 0.25) is 0 Å². The molecule has 1 aliphatic carbocycles. The molecule has 21 heavy (non-hydrogen) atoms. The van der Waals surface area contributed by atoms with Gasteiger partial charge in [0.15, 0.2) is 0 Å². The third-order valence-corrected chi connectivity index (χ3v) is 4.77. The molecule has 0 aliphatic heterocycles. The highest BCUT2D eigenvalue weighted by Crippen LogP contribution is 2.33. The zero-order valence-electron chi connectivity index (χ0n) is 13.1. The lowest BCUT2D eigenvalue weighted by molar-refractivity contribution is 0.368. The van der Waals surface area contributed by atoms with Gasteiger partial charge >= 0.3 is 0 Å². The van der Waals surface area contributed by atoms with Crippen LogP contribution in [0.4, 0.5) is 0 Å². The highest BCUT2D eigenvalue weighted by molar-refractivity contribution is 5.77. The van der Waals surface area contributed by atoms with Crippen LogP contribution in [-0.2, 0) is 0 Å². The van der Waals surface area contributed by atoms with Crippen LogP contribution in [0.5, 0.6) is 0 Å². The maximum absolute atomic E-state index is 6.08. The Morgan fingerprint density at radius 3 is 2.81 bits per heavy atom. The fraction of sp³-hybridized carbons (Fsp3) is 0.579.